The first-order valence-electron chi connectivity index (χ1n) is 5.41. The highest BCUT2D eigenvalue weighted by molar-refractivity contribution is 7.11. The number of hydrogen-bond donors (Lipinski definition) is 2. The third-order valence-corrected chi connectivity index (χ3v) is 3.41. The molecule has 0 aliphatic carbocycles. The second-order valence-electron chi connectivity index (χ2n) is 3.73. The quantitative estimate of drug-likeness (QED) is 0.840. The van der Waals surface area contributed by atoms with E-state index in [4.69, 9.17) is 5.11 Å². The fraction of sp³-hybridized carbons (Fsp3) is 0. The molecule has 0 amide bonds. The Kier molecular flexibility index (Phi) is 3.77. The molecular formula is C14H10O4S. The Bertz CT molecular complexity index is 641. The van der Waals surface area contributed by atoms with Gasteiger partial charge in [-0.1, -0.05) is 24.3 Å². The molecule has 0 bridgehead atoms. The summed E-state index contributed by atoms with van der Waals surface area (Å²) in [7, 11) is 0. The van der Waals surface area contributed by atoms with Gasteiger partial charge < -0.3 is 10.2 Å². The second kappa shape index (κ2) is 5.49. The van der Waals surface area contributed by atoms with E-state index in [0.29, 0.717) is 10.4 Å². The van der Waals surface area contributed by atoms with Crippen LogP contribution in [0.4, 0.5) is 0 Å². The van der Waals surface area contributed by atoms with Crippen molar-refractivity contribution in [2.24, 2.45) is 0 Å². The van der Waals surface area contributed by atoms with Gasteiger partial charge in [0.05, 0.1) is 11.1 Å². The van der Waals surface area contributed by atoms with E-state index >= 15 is 0 Å². The molecule has 19 heavy (non-hydrogen) atoms. The summed E-state index contributed by atoms with van der Waals surface area (Å²) in [5.74, 6) is -2.16. The highest BCUT2D eigenvalue weighted by Gasteiger charge is 2.14. The molecular weight excluding hydrogens is 264 g/mol. The summed E-state index contributed by atoms with van der Waals surface area (Å²) in [4.78, 5) is 23.0. The molecule has 96 valence electrons. The largest absolute Gasteiger partial charge is 0.478 e. The van der Waals surface area contributed by atoms with Gasteiger partial charge >= 0.3 is 11.9 Å². The van der Waals surface area contributed by atoms with Crippen LogP contribution in [0.2, 0.25) is 0 Å². The smallest absolute Gasteiger partial charge is 0.337 e. The number of aliphatic carboxylic acids is 1. The van der Waals surface area contributed by atoms with Crippen LogP contribution in [0.3, 0.4) is 0 Å². The summed E-state index contributed by atoms with van der Waals surface area (Å²) in [5.41, 5.74) is 0.544. The van der Waals surface area contributed by atoms with E-state index in [0.717, 1.165) is 0 Å². The maximum absolute atomic E-state index is 11.3. The first-order chi connectivity index (χ1) is 9.09. The Balaban J connectivity index is 2.55. The van der Waals surface area contributed by atoms with Crippen molar-refractivity contribution in [1.82, 2.24) is 0 Å². The third kappa shape index (κ3) is 2.89. The Morgan fingerprint density at radius 2 is 1.79 bits per heavy atom. The monoisotopic (exact) mass is 274 g/mol. The van der Waals surface area contributed by atoms with Gasteiger partial charge in [-0.3, -0.25) is 0 Å². The molecule has 2 rings (SSSR count). The fourth-order valence-corrected chi connectivity index (χ4v) is 2.38. The molecule has 2 N–H and O–H groups in total. The molecule has 0 spiro atoms. The molecule has 0 saturated heterocycles. The van der Waals surface area contributed by atoms with Crippen molar-refractivity contribution in [1.29, 1.82) is 0 Å². The Morgan fingerprint density at radius 1 is 1.05 bits per heavy atom. The molecule has 4 nitrogen and oxygen atoms in total. The zero-order chi connectivity index (χ0) is 13.8. The molecule has 1 aromatic carbocycles. The topological polar surface area (TPSA) is 74.6 Å². The molecule has 0 atom stereocenters. The van der Waals surface area contributed by atoms with Gasteiger partial charge in [0.1, 0.15) is 0 Å². The molecule has 0 unspecified atom stereocenters. The summed E-state index contributed by atoms with van der Waals surface area (Å²) in [5, 5.41) is 20.1. The predicted octanol–water partition coefficient (Wildman–Crippen LogP) is 3.07. The van der Waals surface area contributed by atoms with Crippen molar-refractivity contribution in [3.8, 4) is 0 Å². The standard InChI is InChI=1S/C14H10O4S/c15-13(16)10-5-2-1-4-9(10)8-11(14(17)18)12-6-3-7-19-12/h1-8H,(H,15,16)(H,17,18)/b11-8-. The summed E-state index contributed by atoms with van der Waals surface area (Å²) in [6, 6.07) is 9.74. The number of thiophene rings is 1. The second-order valence-corrected chi connectivity index (χ2v) is 4.68. The summed E-state index contributed by atoms with van der Waals surface area (Å²) >= 11 is 1.30. The van der Waals surface area contributed by atoms with Crippen LogP contribution in [-0.2, 0) is 4.79 Å². The van der Waals surface area contributed by atoms with E-state index in [2.05, 4.69) is 0 Å². The molecule has 0 saturated carbocycles. The molecule has 0 fully saturated rings. The Morgan fingerprint density at radius 3 is 2.37 bits per heavy atom. The van der Waals surface area contributed by atoms with Crippen LogP contribution in [0, 0.1) is 0 Å². The SMILES string of the molecule is O=C(O)/C(=C\c1ccccc1C(=O)O)c1cccs1. The first-order valence-corrected chi connectivity index (χ1v) is 6.28. The van der Waals surface area contributed by atoms with Gasteiger partial charge in [-0.25, -0.2) is 9.59 Å². The van der Waals surface area contributed by atoms with E-state index < -0.39 is 11.9 Å². The minimum Gasteiger partial charge on any atom is -0.478 e. The van der Waals surface area contributed by atoms with Gasteiger partial charge in [-0.2, -0.15) is 0 Å². The number of carboxylic acid groups (broad SMARTS) is 2. The fourth-order valence-electron chi connectivity index (χ4n) is 1.64. The van der Waals surface area contributed by atoms with Crippen LogP contribution in [0.1, 0.15) is 20.8 Å². The number of carboxylic acids is 2. The van der Waals surface area contributed by atoms with Gasteiger partial charge in [-0.15, -0.1) is 11.3 Å². The molecule has 1 heterocycles. The average Bonchev–Trinajstić information content (AvgIpc) is 2.89. The van der Waals surface area contributed by atoms with E-state index in [-0.39, 0.29) is 11.1 Å². The van der Waals surface area contributed by atoms with E-state index in [9.17, 15) is 14.7 Å². The number of rotatable bonds is 4. The lowest BCUT2D eigenvalue weighted by Gasteiger charge is -2.03. The van der Waals surface area contributed by atoms with Crippen LogP contribution in [0.25, 0.3) is 11.6 Å². The van der Waals surface area contributed by atoms with Crippen molar-refractivity contribution >= 4 is 34.9 Å². The zero-order valence-corrected chi connectivity index (χ0v) is 10.6. The van der Waals surface area contributed by atoms with Crippen molar-refractivity contribution in [2.45, 2.75) is 0 Å². The molecule has 0 aliphatic rings. The third-order valence-electron chi connectivity index (χ3n) is 2.51. The number of aromatic carboxylic acids is 1. The summed E-state index contributed by atoms with van der Waals surface area (Å²) in [6.45, 7) is 0. The summed E-state index contributed by atoms with van der Waals surface area (Å²) in [6.07, 6.45) is 1.39. The molecule has 0 radical (unpaired) electrons. The van der Waals surface area contributed by atoms with Crippen molar-refractivity contribution in [2.75, 3.05) is 0 Å². The molecule has 5 heteroatoms. The lowest BCUT2D eigenvalue weighted by molar-refractivity contribution is -0.130. The van der Waals surface area contributed by atoms with Crippen molar-refractivity contribution in [3.63, 3.8) is 0 Å². The Hall–Kier alpha value is -2.40. The highest BCUT2D eigenvalue weighted by atomic mass is 32.1. The van der Waals surface area contributed by atoms with Gasteiger partial charge in [0, 0.05) is 4.88 Å². The average molecular weight is 274 g/mol. The van der Waals surface area contributed by atoms with Crippen LogP contribution in [0.15, 0.2) is 41.8 Å². The van der Waals surface area contributed by atoms with Gasteiger partial charge in [0.2, 0.25) is 0 Å². The maximum atomic E-state index is 11.3. The van der Waals surface area contributed by atoms with E-state index in [1.807, 2.05) is 0 Å². The van der Waals surface area contributed by atoms with Crippen molar-refractivity contribution < 1.29 is 19.8 Å². The minimum absolute atomic E-state index is 0.0813. The number of carbonyl (C=O) groups is 2. The summed E-state index contributed by atoms with van der Waals surface area (Å²) < 4.78 is 0. The van der Waals surface area contributed by atoms with Crippen LogP contribution < -0.4 is 0 Å². The highest BCUT2D eigenvalue weighted by Crippen LogP contribution is 2.24. The predicted molar refractivity (Wildman–Crippen MR) is 73.2 cm³/mol. The lowest BCUT2D eigenvalue weighted by atomic mass is 10.0. The van der Waals surface area contributed by atoms with Gasteiger partial charge in [0.15, 0.2) is 0 Å². The minimum atomic E-state index is -1.08. The Labute approximate surface area is 113 Å². The van der Waals surface area contributed by atoms with E-state index in [1.165, 1.54) is 23.5 Å². The van der Waals surface area contributed by atoms with Gasteiger partial charge in [0.25, 0.3) is 0 Å². The molecule has 2 aromatic rings. The zero-order valence-electron chi connectivity index (χ0n) is 9.74. The number of hydrogen-bond acceptors (Lipinski definition) is 3. The van der Waals surface area contributed by atoms with Gasteiger partial charge in [-0.05, 0) is 29.2 Å². The van der Waals surface area contributed by atoms with Crippen molar-refractivity contribution in [3.05, 3.63) is 57.8 Å². The molecule has 1 aromatic heterocycles. The molecule has 0 aliphatic heterocycles. The lowest BCUT2D eigenvalue weighted by Crippen LogP contribution is -2.02. The van der Waals surface area contributed by atoms with E-state index in [1.54, 1.807) is 35.7 Å². The normalized spacial score (nSPS) is 11.3. The van der Waals surface area contributed by atoms with Crippen LogP contribution in [-0.4, -0.2) is 22.2 Å². The van der Waals surface area contributed by atoms with Crippen LogP contribution >= 0.6 is 11.3 Å². The number of benzene rings is 1. The maximum Gasteiger partial charge on any atom is 0.337 e. The van der Waals surface area contributed by atoms with Crippen LogP contribution in [0.5, 0.6) is 0 Å². The first kappa shape index (κ1) is 13.0.